The highest BCUT2D eigenvalue weighted by Gasteiger charge is 2.36. The fourth-order valence-corrected chi connectivity index (χ4v) is 3.72. The summed E-state index contributed by atoms with van der Waals surface area (Å²) in [7, 11) is 0. The van der Waals surface area contributed by atoms with Gasteiger partial charge in [0.25, 0.3) is 11.1 Å². The molecule has 0 radical (unpaired) electrons. The number of rotatable bonds is 5. The predicted molar refractivity (Wildman–Crippen MR) is 114 cm³/mol. The van der Waals surface area contributed by atoms with E-state index in [0.717, 1.165) is 22.2 Å². The number of carbonyl (C=O) groups is 3. The molecular weight excluding hydrogens is 404 g/mol. The zero-order chi connectivity index (χ0) is 20.9. The van der Waals surface area contributed by atoms with E-state index in [0.29, 0.717) is 30.4 Å². The Morgan fingerprint density at radius 3 is 2.63 bits per heavy atom. The van der Waals surface area contributed by atoms with Crippen LogP contribution < -0.4 is 14.8 Å². The van der Waals surface area contributed by atoms with E-state index in [1.807, 2.05) is 36.4 Å². The minimum Gasteiger partial charge on any atom is -0.486 e. The number of anilines is 1. The number of allylic oxidation sites excluding steroid dienone is 2. The van der Waals surface area contributed by atoms with Crippen LogP contribution in [-0.2, 0) is 9.59 Å². The van der Waals surface area contributed by atoms with E-state index >= 15 is 0 Å². The van der Waals surface area contributed by atoms with Crippen molar-refractivity contribution >= 4 is 40.6 Å². The third-order valence-corrected chi connectivity index (χ3v) is 5.26. The Morgan fingerprint density at radius 2 is 1.83 bits per heavy atom. The van der Waals surface area contributed by atoms with Gasteiger partial charge in [0.15, 0.2) is 11.5 Å². The first kappa shape index (κ1) is 19.8. The minimum atomic E-state index is -0.486. The van der Waals surface area contributed by atoms with Crippen LogP contribution in [0, 0.1) is 0 Å². The molecule has 0 spiro atoms. The smallest absolute Gasteiger partial charge is 0.294 e. The molecule has 3 amide bonds. The molecule has 7 nitrogen and oxygen atoms in total. The Kier molecular flexibility index (Phi) is 5.85. The summed E-state index contributed by atoms with van der Waals surface area (Å²) >= 11 is 0.815. The SMILES string of the molecule is O=C(CN1C(=O)S/C(=C/C=C/c2ccccc2)C1=O)Nc1ccc2c(c1)OCCO2. The Bertz CT molecular complexity index is 1050. The molecule has 2 aromatic rings. The van der Waals surface area contributed by atoms with E-state index in [9.17, 15) is 14.4 Å². The van der Waals surface area contributed by atoms with Crippen LogP contribution >= 0.6 is 11.8 Å². The van der Waals surface area contributed by atoms with Gasteiger partial charge in [-0.2, -0.15) is 0 Å². The van der Waals surface area contributed by atoms with Crippen molar-refractivity contribution in [3.63, 3.8) is 0 Å². The van der Waals surface area contributed by atoms with E-state index in [2.05, 4.69) is 5.32 Å². The number of thioether (sulfide) groups is 1. The summed E-state index contributed by atoms with van der Waals surface area (Å²) in [6.07, 6.45) is 5.13. The summed E-state index contributed by atoms with van der Waals surface area (Å²) in [6, 6.07) is 14.6. The predicted octanol–water partition coefficient (Wildman–Crippen LogP) is 3.69. The highest BCUT2D eigenvalue weighted by molar-refractivity contribution is 8.18. The molecule has 2 heterocycles. The largest absolute Gasteiger partial charge is 0.486 e. The summed E-state index contributed by atoms with van der Waals surface area (Å²) in [5.41, 5.74) is 1.48. The number of nitrogens with zero attached hydrogens (tertiary/aromatic N) is 1. The molecule has 0 saturated carbocycles. The molecule has 30 heavy (non-hydrogen) atoms. The van der Waals surface area contributed by atoms with Crippen LogP contribution in [0.15, 0.2) is 65.6 Å². The van der Waals surface area contributed by atoms with E-state index < -0.39 is 17.1 Å². The van der Waals surface area contributed by atoms with Crippen molar-refractivity contribution < 1.29 is 23.9 Å². The van der Waals surface area contributed by atoms with Crippen LogP contribution in [0.5, 0.6) is 11.5 Å². The maximum absolute atomic E-state index is 12.5. The van der Waals surface area contributed by atoms with Gasteiger partial charge in [-0.1, -0.05) is 42.5 Å². The van der Waals surface area contributed by atoms with Crippen LogP contribution in [0.25, 0.3) is 6.08 Å². The summed E-state index contributed by atoms with van der Waals surface area (Å²) < 4.78 is 10.9. The number of amides is 3. The minimum absolute atomic E-state index is 0.277. The van der Waals surface area contributed by atoms with Crippen LogP contribution in [0.2, 0.25) is 0 Å². The Morgan fingerprint density at radius 1 is 1.07 bits per heavy atom. The first-order chi connectivity index (χ1) is 14.6. The molecule has 1 N–H and O–H groups in total. The normalized spacial score (nSPS) is 17.1. The fourth-order valence-electron chi connectivity index (χ4n) is 2.93. The Balaban J connectivity index is 1.37. The molecule has 4 rings (SSSR count). The molecule has 1 fully saturated rings. The van der Waals surface area contributed by atoms with Gasteiger partial charge >= 0.3 is 0 Å². The third-order valence-electron chi connectivity index (χ3n) is 4.34. The Hall–Kier alpha value is -3.52. The highest BCUT2D eigenvalue weighted by atomic mass is 32.2. The topological polar surface area (TPSA) is 84.9 Å². The van der Waals surface area contributed by atoms with Gasteiger partial charge in [-0.15, -0.1) is 0 Å². The highest BCUT2D eigenvalue weighted by Crippen LogP contribution is 2.33. The van der Waals surface area contributed by atoms with Gasteiger partial charge in [0, 0.05) is 11.8 Å². The molecule has 2 aliphatic heterocycles. The summed E-state index contributed by atoms with van der Waals surface area (Å²) in [5.74, 6) is 0.187. The number of nitrogens with one attached hydrogen (secondary N) is 1. The average molecular weight is 422 g/mol. The molecule has 1 saturated heterocycles. The number of benzene rings is 2. The van der Waals surface area contributed by atoms with Gasteiger partial charge in [-0.3, -0.25) is 19.3 Å². The fraction of sp³-hybridized carbons (Fsp3) is 0.136. The van der Waals surface area contributed by atoms with Gasteiger partial charge in [0.1, 0.15) is 19.8 Å². The molecule has 0 bridgehead atoms. The van der Waals surface area contributed by atoms with Gasteiger partial charge in [-0.05, 0) is 35.5 Å². The van der Waals surface area contributed by atoms with Crippen LogP contribution in [0.3, 0.4) is 0 Å². The Labute approximate surface area is 177 Å². The van der Waals surface area contributed by atoms with Crippen molar-refractivity contribution in [2.24, 2.45) is 0 Å². The number of imide groups is 1. The number of fused-ring (bicyclic) bond motifs is 1. The second-order valence-electron chi connectivity index (χ2n) is 6.47. The first-order valence-corrected chi connectivity index (χ1v) is 10.1. The van der Waals surface area contributed by atoms with Crippen LogP contribution in [0.1, 0.15) is 5.56 Å². The second kappa shape index (κ2) is 8.87. The zero-order valence-electron chi connectivity index (χ0n) is 15.9. The number of hydrogen-bond donors (Lipinski definition) is 1. The molecule has 2 aromatic carbocycles. The van der Waals surface area contributed by atoms with Gasteiger partial charge in [0.2, 0.25) is 5.91 Å². The maximum atomic E-state index is 12.5. The van der Waals surface area contributed by atoms with Crippen LogP contribution in [0.4, 0.5) is 10.5 Å². The van der Waals surface area contributed by atoms with Crippen molar-refractivity contribution in [3.8, 4) is 11.5 Å². The number of hydrogen-bond acceptors (Lipinski definition) is 6. The van der Waals surface area contributed by atoms with Crippen molar-refractivity contribution in [3.05, 3.63) is 71.2 Å². The van der Waals surface area contributed by atoms with Crippen molar-refractivity contribution in [1.82, 2.24) is 4.90 Å². The number of ether oxygens (including phenoxy) is 2. The second-order valence-corrected chi connectivity index (χ2v) is 7.46. The third kappa shape index (κ3) is 4.55. The standard InChI is InChI=1S/C22H18N2O5S/c25-20(23-16-9-10-17-18(13-16)29-12-11-28-17)14-24-21(26)19(30-22(24)27)8-4-7-15-5-2-1-3-6-15/h1-10,13H,11-12,14H2,(H,23,25)/b7-4+,19-8+. The van der Waals surface area contributed by atoms with E-state index in [1.165, 1.54) is 0 Å². The monoisotopic (exact) mass is 422 g/mol. The van der Waals surface area contributed by atoms with Gasteiger partial charge < -0.3 is 14.8 Å². The number of carbonyl (C=O) groups excluding carboxylic acids is 3. The van der Waals surface area contributed by atoms with E-state index in [-0.39, 0.29) is 11.4 Å². The molecule has 0 aromatic heterocycles. The van der Waals surface area contributed by atoms with E-state index in [4.69, 9.17) is 9.47 Å². The lowest BCUT2D eigenvalue weighted by Crippen LogP contribution is -2.36. The quantitative estimate of drug-likeness (QED) is 0.740. The first-order valence-electron chi connectivity index (χ1n) is 9.27. The van der Waals surface area contributed by atoms with Crippen LogP contribution in [-0.4, -0.2) is 41.7 Å². The van der Waals surface area contributed by atoms with Crippen molar-refractivity contribution in [2.45, 2.75) is 0 Å². The zero-order valence-corrected chi connectivity index (χ0v) is 16.7. The molecule has 2 aliphatic rings. The van der Waals surface area contributed by atoms with Crippen molar-refractivity contribution in [2.75, 3.05) is 25.1 Å². The molecule has 8 heteroatoms. The average Bonchev–Trinajstić information content (AvgIpc) is 3.02. The molecule has 0 unspecified atom stereocenters. The molecule has 0 aliphatic carbocycles. The lowest BCUT2D eigenvalue weighted by molar-refractivity contribution is -0.127. The summed E-state index contributed by atoms with van der Waals surface area (Å²) in [6.45, 7) is 0.553. The van der Waals surface area contributed by atoms with Gasteiger partial charge in [0.05, 0.1) is 4.91 Å². The van der Waals surface area contributed by atoms with E-state index in [1.54, 1.807) is 30.4 Å². The molecule has 152 valence electrons. The summed E-state index contributed by atoms with van der Waals surface area (Å²) in [5, 5.41) is 2.20. The maximum Gasteiger partial charge on any atom is 0.294 e. The molecule has 0 atom stereocenters. The lowest BCUT2D eigenvalue weighted by atomic mass is 10.2. The lowest BCUT2D eigenvalue weighted by Gasteiger charge is -2.19. The van der Waals surface area contributed by atoms with Crippen molar-refractivity contribution in [1.29, 1.82) is 0 Å². The van der Waals surface area contributed by atoms with Gasteiger partial charge in [-0.25, -0.2) is 0 Å². The molecular formula is C22H18N2O5S. The summed E-state index contributed by atoms with van der Waals surface area (Å²) in [4.78, 5) is 38.3.